The molecule has 2 aromatic rings. The maximum atomic E-state index is 12.3. The van der Waals surface area contributed by atoms with E-state index in [2.05, 4.69) is 35.4 Å². The SMILES string of the molecule is Cc1cccc2c(CCNC(=O)C3(N)CCOCC3)c[nH]c12. The fourth-order valence-electron chi connectivity index (χ4n) is 3.02. The number of nitrogens with two attached hydrogens (primary N) is 1. The predicted octanol–water partition coefficient (Wildman–Crippen LogP) is 1.64. The lowest BCUT2D eigenvalue weighted by atomic mass is 9.90. The molecule has 118 valence electrons. The van der Waals surface area contributed by atoms with E-state index in [1.165, 1.54) is 22.0 Å². The normalized spacial score (nSPS) is 17.5. The van der Waals surface area contributed by atoms with Gasteiger partial charge in [-0.25, -0.2) is 0 Å². The zero-order valence-corrected chi connectivity index (χ0v) is 12.9. The average Bonchev–Trinajstić information content (AvgIpc) is 2.93. The highest BCUT2D eigenvalue weighted by molar-refractivity contribution is 5.87. The van der Waals surface area contributed by atoms with Gasteiger partial charge in [-0.05, 0) is 37.3 Å². The molecule has 0 atom stereocenters. The predicted molar refractivity (Wildman–Crippen MR) is 86.7 cm³/mol. The Balaban J connectivity index is 1.60. The van der Waals surface area contributed by atoms with Gasteiger partial charge in [0, 0.05) is 36.9 Å². The van der Waals surface area contributed by atoms with Gasteiger partial charge in [-0.1, -0.05) is 18.2 Å². The summed E-state index contributed by atoms with van der Waals surface area (Å²) in [6.45, 7) is 3.81. The molecular formula is C17H23N3O2. The standard InChI is InChI=1S/C17H23N3O2/c1-12-3-2-4-14-13(11-20-15(12)14)5-8-19-16(21)17(18)6-9-22-10-7-17/h2-4,11,20H,5-10,18H2,1H3,(H,19,21). The smallest absolute Gasteiger partial charge is 0.240 e. The van der Waals surface area contributed by atoms with Crippen LogP contribution in [-0.2, 0) is 16.0 Å². The minimum Gasteiger partial charge on any atom is -0.381 e. The summed E-state index contributed by atoms with van der Waals surface area (Å²) >= 11 is 0. The number of hydrogen-bond acceptors (Lipinski definition) is 3. The van der Waals surface area contributed by atoms with Crippen LogP contribution in [0.4, 0.5) is 0 Å². The number of aromatic nitrogens is 1. The van der Waals surface area contributed by atoms with Gasteiger partial charge in [-0.3, -0.25) is 4.79 Å². The third-order valence-electron chi connectivity index (χ3n) is 4.53. The van der Waals surface area contributed by atoms with Crippen LogP contribution in [0.5, 0.6) is 0 Å². The van der Waals surface area contributed by atoms with Crippen LogP contribution in [0.2, 0.25) is 0 Å². The molecule has 0 spiro atoms. The van der Waals surface area contributed by atoms with E-state index >= 15 is 0 Å². The van der Waals surface area contributed by atoms with Crippen LogP contribution in [0.15, 0.2) is 24.4 Å². The van der Waals surface area contributed by atoms with Crippen molar-refractivity contribution >= 4 is 16.8 Å². The van der Waals surface area contributed by atoms with Crippen LogP contribution >= 0.6 is 0 Å². The van der Waals surface area contributed by atoms with Crippen molar-refractivity contribution in [2.45, 2.75) is 31.7 Å². The second kappa shape index (κ2) is 6.10. The molecular weight excluding hydrogens is 278 g/mol. The Morgan fingerprint density at radius 2 is 2.18 bits per heavy atom. The summed E-state index contributed by atoms with van der Waals surface area (Å²) in [5.41, 5.74) is 9.03. The molecule has 2 heterocycles. The molecule has 1 fully saturated rings. The van der Waals surface area contributed by atoms with Crippen molar-refractivity contribution in [1.29, 1.82) is 0 Å². The van der Waals surface area contributed by atoms with E-state index < -0.39 is 5.54 Å². The minimum absolute atomic E-state index is 0.0631. The first-order valence-electron chi connectivity index (χ1n) is 7.81. The Morgan fingerprint density at radius 3 is 2.95 bits per heavy atom. The van der Waals surface area contributed by atoms with Gasteiger partial charge in [-0.15, -0.1) is 0 Å². The molecule has 22 heavy (non-hydrogen) atoms. The maximum Gasteiger partial charge on any atom is 0.240 e. The molecule has 4 N–H and O–H groups in total. The molecule has 3 rings (SSSR count). The topological polar surface area (TPSA) is 80.1 Å². The van der Waals surface area contributed by atoms with Gasteiger partial charge < -0.3 is 20.8 Å². The summed E-state index contributed by atoms with van der Waals surface area (Å²) in [6.07, 6.45) is 3.99. The molecule has 0 bridgehead atoms. The largest absolute Gasteiger partial charge is 0.381 e. The summed E-state index contributed by atoms with van der Waals surface area (Å²) in [5, 5.41) is 4.20. The van der Waals surface area contributed by atoms with Gasteiger partial charge in [-0.2, -0.15) is 0 Å². The van der Waals surface area contributed by atoms with E-state index in [0.717, 1.165) is 6.42 Å². The first kappa shape index (κ1) is 15.1. The summed E-state index contributed by atoms with van der Waals surface area (Å²) in [7, 11) is 0. The molecule has 5 nitrogen and oxygen atoms in total. The van der Waals surface area contributed by atoms with Crippen molar-refractivity contribution in [3.63, 3.8) is 0 Å². The number of amides is 1. The first-order valence-corrected chi connectivity index (χ1v) is 7.81. The molecule has 1 aromatic carbocycles. The number of aryl methyl sites for hydroxylation is 1. The molecule has 0 unspecified atom stereocenters. The number of carbonyl (C=O) groups is 1. The number of fused-ring (bicyclic) bond motifs is 1. The van der Waals surface area contributed by atoms with Gasteiger partial charge in [0.1, 0.15) is 0 Å². The zero-order valence-electron chi connectivity index (χ0n) is 12.9. The van der Waals surface area contributed by atoms with E-state index in [-0.39, 0.29) is 5.91 Å². The Bertz CT molecular complexity index is 672. The summed E-state index contributed by atoms with van der Waals surface area (Å²) in [5.74, 6) is -0.0631. The Hall–Kier alpha value is -1.85. The fourth-order valence-corrected chi connectivity index (χ4v) is 3.02. The number of hydrogen-bond donors (Lipinski definition) is 3. The summed E-state index contributed by atoms with van der Waals surface area (Å²) < 4.78 is 5.27. The fraction of sp³-hybridized carbons (Fsp3) is 0.471. The molecule has 0 saturated carbocycles. The lowest BCUT2D eigenvalue weighted by Gasteiger charge is -2.31. The third kappa shape index (κ3) is 2.87. The van der Waals surface area contributed by atoms with Crippen LogP contribution in [-0.4, -0.2) is 36.2 Å². The molecule has 1 amide bonds. The zero-order chi connectivity index (χ0) is 15.6. The monoisotopic (exact) mass is 301 g/mol. The minimum atomic E-state index is -0.769. The van der Waals surface area contributed by atoms with E-state index in [9.17, 15) is 4.79 Å². The molecule has 0 radical (unpaired) electrons. The van der Waals surface area contributed by atoms with Gasteiger partial charge in [0.05, 0.1) is 5.54 Å². The summed E-state index contributed by atoms with van der Waals surface area (Å²) in [4.78, 5) is 15.6. The first-order chi connectivity index (χ1) is 10.6. The van der Waals surface area contributed by atoms with Crippen LogP contribution in [0.1, 0.15) is 24.0 Å². The van der Waals surface area contributed by atoms with Crippen LogP contribution < -0.4 is 11.1 Å². The number of aromatic amines is 1. The summed E-state index contributed by atoms with van der Waals surface area (Å²) in [6, 6.07) is 6.26. The third-order valence-corrected chi connectivity index (χ3v) is 4.53. The average molecular weight is 301 g/mol. The molecule has 0 aliphatic carbocycles. The van der Waals surface area contributed by atoms with Crippen molar-refractivity contribution in [1.82, 2.24) is 10.3 Å². The second-order valence-corrected chi connectivity index (χ2v) is 6.09. The van der Waals surface area contributed by atoms with Crippen molar-refractivity contribution < 1.29 is 9.53 Å². The highest BCUT2D eigenvalue weighted by Gasteiger charge is 2.35. The van der Waals surface area contributed by atoms with Gasteiger partial charge in [0.15, 0.2) is 0 Å². The maximum absolute atomic E-state index is 12.3. The second-order valence-electron chi connectivity index (χ2n) is 6.09. The number of nitrogens with one attached hydrogen (secondary N) is 2. The quantitative estimate of drug-likeness (QED) is 0.803. The molecule has 1 aliphatic rings. The van der Waals surface area contributed by atoms with Crippen molar-refractivity contribution in [2.24, 2.45) is 5.73 Å². The van der Waals surface area contributed by atoms with Crippen molar-refractivity contribution in [3.8, 4) is 0 Å². The number of rotatable bonds is 4. The highest BCUT2D eigenvalue weighted by atomic mass is 16.5. The number of H-pyrrole nitrogens is 1. The number of ether oxygens (including phenoxy) is 1. The Kier molecular flexibility index (Phi) is 4.18. The lowest BCUT2D eigenvalue weighted by Crippen LogP contribution is -2.57. The molecule has 1 aliphatic heterocycles. The Labute approximate surface area is 130 Å². The number of carbonyl (C=O) groups excluding carboxylic acids is 1. The number of benzene rings is 1. The van der Waals surface area contributed by atoms with E-state index in [1.807, 2.05) is 6.20 Å². The van der Waals surface area contributed by atoms with Crippen LogP contribution in [0.25, 0.3) is 10.9 Å². The molecule has 5 heteroatoms. The Morgan fingerprint density at radius 1 is 1.41 bits per heavy atom. The van der Waals surface area contributed by atoms with Gasteiger partial charge >= 0.3 is 0 Å². The number of para-hydroxylation sites is 1. The van der Waals surface area contributed by atoms with Crippen LogP contribution in [0.3, 0.4) is 0 Å². The lowest BCUT2D eigenvalue weighted by molar-refractivity contribution is -0.129. The highest BCUT2D eigenvalue weighted by Crippen LogP contribution is 2.21. The van der Waals surface area contributed by atoms with Crippen molar-refractivity contribution in [2.75, 3.05) is 19.8 Å². The van der Waals surface area contributed by atoms with E-state index in [1.54, 1.807) is 0 Å². The molecule has 1 aromatic heterocycles. The molecule has 1 saturated heterocycles. The van der Waals surface area contributed by atoms with Gasteiger partial charge in [0.25, 0.3) is 0 Å². The van der Waals surface area contributed by atoms with E-state index in [4.69, 9.17) is 10.5 Å². The van der Waals surface area contributed by atoms with E-state index in [0.29, 0.717) is 32.6 Å². The van der Waals surface area contributed by atoms with Crippen molar-refractivity contribution in [3.05, 3.63) is 35.5 Å². The van der Waals surface area contributed by atoms with Crippen LogP contribution in [0, 0.1) is 6.92 Å². The van der Waals surface area contributed by atoms with Gasteiger partial charge in [0.2, 0.25) is 5.91 Å².